The van der Waals surface area contributed by atoms with E-state index < -0.39 is 0 Å². The Labute approximate surface area is 122 Å². The van der Waals surface area contributed by atoms with Gasteiger partial charge >= 0.3 is 0 Å². The molecule has 0 aromatic heterocycles. The fourth-order valence-corrected chi connectivity index (χ4v) is 2.43. The summed E-state index contributed by atoms with van der Waals surface area (Å²) in [6.07, 6.45) is 1.52. The van der Waals surface area contributed by atoms with Crippen LogP contribution in [0.25, 0.3) is 0 Å². The van der Waals surface area contributed by atoms with Crippen LogP contribution in [-0.2, 0) is 4.79 Å². The molecule has 1 rings (SSSR count). The highest BCUT2D eigenvalue weighted by atomic mass is 16.1. The molecule has 0 bridgehead atoms. The number of nitrogens with two attached hydrogens (primary N) is 1. The Morgan fingerprint density at radius 2 is 1.80 bits per heavy atom. The molecule has 0 aliphatic carbocycles. The van der Waals surface area contributed by atoms with E-state index in [-0.39, 0.29) is 17.9 Å². The van der Waals surface area contributed by atoms with E-state index >= 15 is 0 Å². The summed E-state index contributed by atoms with van der Waals surface area (Å²) < 4.78 is 0. The van der Waals surface area contributed by atoms with Crippen molar-refractivity contribution < 1.29 is 4.79 Å². The van der Waals surface area contributed by atoms with Gasteiger partial charge in [-0.05, 0) is 44.2 Å². The maximum Gasteiger partial charge on any atom is 0.220 e. The van der Waals surface area contributed by atoms with E-state index in [0.717, 1.165) is 12.0 Å². The molecule has 1 aromatic rings. The summed E-state index contributed by atoms with van der Waals surface area (Å²) in [6.45, 7) is 8.97. The minimum absolute atomic E-state index is 0.0422. The van der Waals surface area contributed by atoms with Gasteiger partial charge in [0, 0.05) is 6.42 Å². The Morgan fingerprint density at radius 3 is 2.30 bits per heavy atom. The summed E-state index contributed by atoms with van der Waals surface area (Å²) in [4.78, 5) is 12.1. The van der Waals surface area contributed by atoms with Crippen LogP contribution in [0.5, 0.6) is 0 Å². The number of nitrogens with one attached hydrogen (secondary N) is 1. The third-order valence-corrected chi connectivity index (χ3v) is 3.57. The topological polar surface area (TPSA) is 55.1 Å². The maximum absolute atomic E-state index is 12.1. The Morgan fingerprint density at radius 1 is 1.20 bits per heavy atom. The molecule has 0 radical (unpaired) electrons. The number of hydrogen-bond acceptors (Lipinski definition) is 2. The van der Waals surface area contributed by atoms with Crippen LogP contribution in [-0.4, -0.2) is 12.5 Å². The highest BCUT2D eigenvalue weighted by Crippen LogP contribution is 2.16. The number of carbonyl (C=O) groups is 1. The molecule has 3 N–H and O–H groups in total. The van der Waals surface area contributed by atoms with Crippen molar-refractivity contribution in [3.63, 3.8) is 0 Å². The summed E-state index contributed by atoms with van der Waals surface area (Å²) in [5, 5.41) is 3.06. The minimum Gasteiger partial charge on any atom is -0.350 e. The van der Waals surface area contributed by atoms with Gasteiger partial charge in [0.1, 0.15) is 0 Å². The normalized spacial score (nSPS) is 14.1. The predicted octanol–water partition coefficient (Wildman–Crippen LogP) is 3.18. The molecule has 1 unspecified atom stereocenters. The van der Waals surface area contributed by atoms with Gasteiger partial charge in [-0.1, -0.05) is 43.7 Å². The Kier molecular flexibility index (Phi) is 6.73. The molecule has 1 aromatic carbocycles. The summed E-state index contributed by atoms with van der Waals surface area (Å²) in [5.74, 6) is 0.945. The molecule has 3 heteroatoms. The van der Waals surface area contributed by atoms with Gasteiger partial charge in [-0.3, -0.25) is 4.79 Å². The van der Waals surface area contributed by atoms with Gasteiger partial charge in [-0.15, -0.1) is 0 Å². The number of rotatable bonds is 7. The lowest BCUT2D eigenvalue weighted by molar-refractivity contribution is -0.122. The Balaban J connectivity index is 2.50. The van der Waals surface area contributed by atoms with Crippen LogP contribution in [0.1, 0.15) is 50.8 Å². The van der Waals surface area contributed by atoms with Gasteiger partial charge in [0.15, 0.2) is 0 Å². The SMILES string of the molecule is Cc1ccc([C@H](C)NC(=O)CC(CN)CC(C)C)cc1. The van der Waals surface area contributed by atoms with Crippen molar-refractivity contribution in [2.24, 2.45) is 17.6 Å². The molecule has 0 heterocycles. The largest absolute Gasteiger partial charge is 0.350 e. The maximum atomic E-state index is 12.1. The average Bonchev–Trinajstić information content (AvgIpc) is 2.37. The van der Waals surface area contributed by atoms with Crippen molar-refractivity contribution in [1.82, 2.24) is 5.32 Å². The van der Waals surface area contributed by atoms with E-state index in [0.29, 0.717) is 18.9 Å². The molecular weight excluding hydrogens is 248 g/mol. The zero-order valence-electron chi connectivity index (χ0n) is 13.1. The highest BCUT2D eigenvalue weighted by Gasteiger charge is 2.16. The second-order valence-electron chi connectivity index (χ2n) is 6.14. The summed E-state index contributed by atoms with van der Waals surface area (Å²) in [6, 6.07) is 8.31. The van der Waals surface area contributed by atoms with Gasteiger partial charge in [0.05, 0.1) is 6.04 Å². The second kappa shape index (κ2) is 8.05. The summed E-state index contributed by atoms with van der Waals surface area (Å²) in [7, 11) is 0. The number of carbonyl (C=O) groups excluding carboxylic acids is 1. The quantitative estimate of drug-likeness (QED) is 0.803. The first-order chi connectivity index (χ1) is 9.42. The zero-order chi connectivity index (χ0) is 15.1. The van der Waals surface area contributed by atoms with E-state index in [1.807, 2.05) is 6.92 Å². The van der Waals surface area contributed by atoms with Crippen LogP contribution in [0.4, 0.5) is 0 Å². The lowest BCUT2D eigenvalue weighted by Crippen LogP contribution is -2.30. The van der Waals surface area contributed by atoms with E-state index in [9.17, 15) is 4.79 Å². The number of benzene rings is 1. The fourth-order valence-electron chi connectivity index (χ4n) is 2.43. The average molecular weight is 276 g/mol. The molecule has 0 aliphatic heterocycles. The van der Waals surface area contributed by atoms with E-state index in [2.05, 4.69) is 50.4 Å². The molecular formula is C17H28N2O. The van der Waals surface area contributed by atoms with E-state index in [4.69, 9.17) is 5.73 Å². The van der Waals surface area contributed by atoms with Gasteiger partial charge in [-0.25, -0.2) is 0 Å². The van der Waals surface area contributed by atoms with Gasteiger partial charge < -0.3 is 11.1 Å². The number of hydrogen-bond donors (Lipinski definition) is 2. The molecule has 0 fully saturated rings. The monoisotopic (exact) mass is 276 g/mol. The van der Waals surface area contributed by atoms with Crippen molar-refractivity contribution in [1.29, 1.82) is 0 Å². The first-order valence-corrected chi connectivity index (χ1v) is 7.48. The third-order valence-electron chi connectivity index (χ3n) is 3.57. The molecule has 0 saturated heterocycles. The number of aryl methyl sites for hydroxylation is 1. The van der Waals surface area contributed by atoms with Crippen molar-refractivity contribution in [3.8, 4) is 0 Å². The first-order valence-electron chi connectivity index (χ1n) is 7.48. The van der Waals surface area contributed by atoms with Crippen LogP contribution in [0, 0.1) is 18.8 Å². The van der Waals surface area contributed by atoms with E-state index in [1.54, 1.807) is 0 Å². The molecule has 1 amide bonds. The third kappa shape index (κ3) is 5.74. The van der Waals surface area contributed by atoms with E-state index in [1.165, 1.54) is 5.56 Å². The van der Waals surface area contributed by atoms with Crippen molar-refractivity contribution in [2.45, 2.75) is 46.6 Å². The van der Waals surface area contributed by atoms with Gasteiger partial charge in [-0.2, -0.15) is 0 Å². The van der Waals surface area contributed by atoms with Gasteiger partial charge in [0.2, 0.25) is 5.91 Å². The molecule has 3 nitrogen and oxygen atoms in total. The first kappa shape index (κ1) is 16.7. The van der Waals surface area contributed by atoms with Crippen LogP contribution >= 0.6 is 0 Å². The van der Waals surface area contributed by atoms with Crippen LogP contribution in [0.15, 0.2) is 24.3 Å². The van der Waals surface area contributed by atoms with Crippen LogP contribution in [0.3, 0.4) is 0 Å². The summed E-state index contributed by atoms with van der Waals surface area (Å²) >= 11 is 0. The zero-order valence-corrected chi connectivity index (χ0v) is 13.1. The lowest BCUT2D eigenvalue weighted by Gasteiger charge is -2.19. The van der Waals surface area contributed by atoms with Crippen LogP contribution < -0.4 is 11.1 Å². The molecule has 0 saturated carbocycles. The minimum atomic E-state index is 0.0422. The van der Waals surface area contributed by atoms with Crippen molar-refractivity contribution >= 4 is 5.91 Å². The smallest absolute Gasteiger partial charge is 0.220 e. The Hall–Kier alpha value is -1.35. The van der Waals surface area contributed by atoms with Crippen molar-refractivity contribution in [3.05, 3.63) is 35.4 Å². The molecule has 0 aliphatic rings. The Bertz CT molecular complexity index is 412. The summed E-state index contributed by atoms with van der Waals surface area (Å²) in [5.41, 5.74) is 8.11. The number of amides is 1. The second-order valence-corrected chi connectivity index (χ2v) is 6.14. The lowest BCUT2D eigenvalue weighted by atomic mass is 9.94. The molecule has 112 valence electrons. The standard InChI is InChI=1S/C17H28N2O/c1-12(2)9-15(11-18)10-17(20)19-14(4)16-7-5-13(3)6-8-16/h5-8,12,14-15H,9-11,18H2,1-4H3,(H,19,20)/t14-,15?/m0/s1. The van der Waals surface area contributed by atoms with Crippen LogP contribution in [0.2, 0.25) is 0 Å². The molecule has 0 spiro atoms. The van der Waals surface area contributed by atoms with Gasteiger partial charge in [0.25, 0.3) is 0 Å². The van der Waals surface area contributed by atoms with Crippen molar-refractivity contribution in [2.75, 3.05) is 6.54 Å². The molecule has 2 atom stereocenters. The predicted molar refractivity (Wildman–Crippen MR) is 84.4 cm³/mol. The molecule has 20 heavy (non-hydrogen) atoms. The fraction of sp³-hybridized carbons (Fsp3) is 0.588. The highest BCUT2D eigenvalue weighted by molar-refractivity contribution is 5.76.